The largest absolute Gasteiger partial charge is 0.381 e. The van der Waals surface area contributed by atoms with Crippen molar-refractivity contribution in [3.05, 3.63) is 52.7 Å². The number of ether oxygens (including phenoxy) is 1. The smallest absolute Gasteiger partial charge is 0.264 e. The van der Waals surface area contributed by atoms with Crippen LogP contribution in [0, 0.1) is 12.8 Å². The minimum Gasteiger partial charge on any atom is -0.381 e. The standard InChI is InChI=1S/C25H32N4O2S/c1-17(2)14-29(4)24(30)21-18(3)20-22(27-16-28-23(20)32-21)26-15-25(10-12-31-13-11-25)19-8-6-5-7-9-19/h5-9,16-17H,10-15H2,1-4H3,(H,26,27,28). The molecule has 0 atom stereocenters. The molecule has 1 N–H and O–H groups in total. The first kappa shape index (κ1) is 22.7. The van der Waals surface area contributed by atoms with Crippen LogP contribution in [0.3, 0.4) is 0 Å². The molecule has 3 heterocycles. The lowest BCUT2D eigenvalue weighted by molar-refractivity contribution is 0.0543. The van der Waals surface area contributed by atoms with Gasteiger partial charge >= 0.3 is 0 Å². The molecule has 1 saturated heterocycles. The summed E-state index contributed by atoms with van der Waals surface area (Å²) in [7, 11) is 1.87. The SMILES string of the molecule is Cc1c(C(=O)N(C)CC(C)C)sc2ncnc(NCC3(c4ccccc4)CCOCC3)c12. The highest BCUT2D eigenvalue weighted by atomic mass is 32.1. The number of carbonyl (C=O) groups is 1. The average molecular weight is 453 g/mol. The Labute approximate surface area is 194 Å². The van der Waals surface area contributed by atoms with Gasteiger partial charge in [0.05, 0.1) is 10.3 Å². The molecule has 6 nitrogen and oxygen atoms in total. The minimum atomic E-state index is -0.00313. The monoisotopic (exact) mass is 452 g/mol. The summed E-state index contributed by atoms with van der Waals surface area (Å²) in [6.45, 7) is 9.25. The number of nitrogens with zero attached hydrogens (tertiary/aromatic N) is 3. The van der Waals surface area contributed by atoms with Gasteiger partial charge in [-0.25, -0.2) is 9.97 Å². The minimum absolute atomic E-state index is 0.00313. The Hall–Kier alpha value is -2.51. The van der Waals surface area contributed by atoms with Gasteiger partial charge in [-0.1, -0.05) is 44.2 Å². The maximum atomic E-state index is 13.1. The summed E-state index contributed by atoms with van der Waals surface area (Å²) < 4.78 is 5.67. The van der Waals surface area contributed by atoms with E-state index in [0.717, 1.165) is 65.6 Å². The highest BCUT2D eigenvalue weighted by Gasteiger charge is 2.34. The van der Waals surface area contributed by atoms with Gasteiger partial charge in [0.15, 0.2) is 0 Å². The van der Waals surface area contributed by atoms with Crippen LogP contribution >= 0.6 is 11.3 Å². The lowest BCUT2D eigenvalue weighted by Crippen LogP contribution is -2.40. The summed E-state index contributed by atoms with van der Waals surface area (Å²) in [6.07, 6.45) is 3.51. The van der Waals surface area contributed by atoms with E-state index < -0.39 is 0 Å². The molecule has 3 aromatic rings. The predicted molar refractivity (Wildman–Crippen MR) is 131 cm³/mol. The molecule has 0 radical (unpaired) electrons. The Morgan fingerprint density at radius 1 is 1.22 bits per heavy atom. The Morgan fingerprint density at radius 3 is 2.62 bits per heavy atom. The Morgan fingerprint density at radius 2 is 1.94 bits per heavy atom. The fourth-order valence-electron chi connectivity index (χ4n) is 4.59. The lowest BCUT2D eigenvalue weighted by Gasteiger charge is -2.38. The van der Waals surface area contributed by atoms with Gasteiger partial charge in [0.25, 0.3) is 5.91 Å². The van der Waals surface area contributed by atoms with Crippen molar-refractivity contribution in [2.24, 2.45) is 5.92 Å². The molecule has 0 spiro atoms. The Kier molecular flexibility index (Phi) is 6.76. The van der Waals surface area contributed by atoms with E-state index in [4.69, 9.17) is 4.74 Å². The molecular weight excluding hydrogens is 420 g/mol. The number of aromatic nitrogens is 2. The number of fused-ring (bicyclic) bond motifs is 1. The van der Waals surface area contributed by atoms with Crippen LogP contribution in [0.2, 0.25) is 0 Å². The van der Waals surface area contributed by atoms with Crippen LogP contribution in [0.15, 0.2) is 36.7 Å². The number of hydrogen-bond acceptors (Lipinski definition) is 6. The van der Waals surface area contributed by atoms with Crippen LogP contribution in [0.25, 0.3) is 10.2 Å². The van der Waals surface area contributed by atoms with Crippen molar-refractivity contribution < 1.29 is 9.53 Å². The van der Waals surface area contributed by atoms with E-state index in [1.54, 1.807) is 11.2 Å². The van der Waals surface area contributed by atoms with Crippen molar-refractivity contribution in [1.29, 1.82) is 0 Å². The highest BCUT2D eigenvalue weighted by Crippen LogP contribution is 2.37. The van der Waals surface area contributed by atoms with E-state index in [9.17, 15) is 4.79 Å². The average Bonchev–Trinajstić information content (AvgIpc) is 3.15. The van der Waals surface area contributed by atoms with Gasteiger partial charge in [0, 0.05) is 38.8 Å². The fraction of sp³-hybridized carbons (Fsp3) is 0.480. The van der Waals surface area contributed by atoms with E-state index in [1.807, 2.05) is 14.0 Å². The molecule has 1 aliphatic heterocycles. The predicted octanol–water partition coefficient (Wildman–Crippen LogP) is 4.89. The molecule has 1 fully saturated rings. The number of rotatable bonds is 7. The number of hydrogen-bond donors (Lipinski definition) is 1. The van der Waals surface area contributed by atoms with Gasteiger partial charge in [-0.15, -0.1) is 11.3 Å². The zero-order valence-electron chi connectivity index (χ0n) is 19.4. The Bertz CT molecular complexity index is 1070. The maximum Gasteiger partial charge on any atom is 0.264 e. The molecule has 0 aliphatic carbocycles. The summed E-state index contributed by atoms with van der Waals surface area (Å²) in [6, 6.07) is 10.7. The number of carbonyl (C=O) groups excluding carboxylic acids is 1. The topological polar surface area (TPSA) is 67.4 Å². The van der Waals surface area contributed by atoms with Crippen molar-refractivity contribution >= 4 is 33.3 Å². The molecule has 0 bridgehead atoms. The normalized spacial score (nSPS) is 15.8. The molecule has 1 aliphatic rings. The number of aryl methyl sites for hydroxylation is 1. The van der Waals surface area contributed by atoms with Crippen LogP contribution in [-0.4, -0.2) is 54.1 Å². The second-order valence-electron chi connectivity index (χ2n) is 9.15. The third kappa shape index (κ3) is 4.50. The van der Waals surface area contributed by atoms with Gasteiger partial charge in [-0.2, -0.15) is 0 Å². The molecule has 7 heteroatoms. The molecule has 2 aromatic heterocycles. The van der Waals surface area contributed by atoms with Crippen LogP contribution < -0.4 is 5.32 Å². The molecular formula is C25H32N4O2S. The van der Waals surface area contributed by atoms with Crippen LogP contribution in [-0.2, 0) is 10.2 Å². The third-order valence-corrected chi connectivity index (χ3v) is 7.52. The second kappa shape index (κ2) is 9.55. The number of nitrogens with one attached hydrogen (secondary N) is 1. The van der Waals surface area contributed by atoms with Gasteiger partial charge < -0.3 is 15.0 Å². The number of amides is 1. The first-order valence-electron chi connectivity index (χ1n) is 11.3. The van der Waals surface area contributed by atoms with Gasteiger partial charge in [0.2, 0.25) is 0 Å². The van der Waals surface area contributed by atoms with E-state index >= 15 is 0 Å². The van der Waals surface area contributed by atoms with E-state index in [1.165, 1.54) is 16.9 Å². The molecule has 170 valence electrons. The molecule has 32 heavy (non-hydrogen) atoms. The highest BCUT2D eigenvalue weighted by molar-refractivity contribution is 7.20. The third-order valence-electron chi connectivity index (χ3n) is 6.34. The molecule has 4 rings (SSSR count). The molecule has 0 unspecified atom stereocenters. The zero-order valence-corrected chi connectivity index (χ0v) is 20.2. The number of thiophene rings is 1. The van der Waals surface area contributed by atoms with Crippen molar-refractivity contribution in [3.63, 3.8) is 0 Å². The van der Waals surface area contributed by atoms with Crippen molar-refractivity contribution in [3.8, 4) is 0 Å². The van der Waals surface area contributed by atoms with Crippen molar-refractivity contribution in [1.82, 2.24) is 14.9 Å². The van der Waals surface area contributed by atoms with E-state index in [0.29, 0.717) is 5.92 Å². The summed E-state index contributed by atoms with van der Waals surface area (Å²) in [5.74, 6) is 1.27. The molecule has 0 saturated carbocycles. The summed E-state index contributed by atoms with van der Waals surface area (Å²) >= 11 is 1.46. The second-order valence-corrected chi connectivity index (χ2v) is 10.1. The van der Waals surface area contributed by atoms with Gasteiger partial charge in [0.1, 0.15) is 17.0 Å². The van der Waals surface area contributed by atoms with E-state index in [-0.39, 0.29) is 11.3 Å². The van der Waals surface area contributed by atoms with Crippen molar-refractivity contribution in [2.75, 3.05) is 38.7 Å². The van der Waals surface area contributed by atoms with E-state index in [2.05, 4.69) is 59.5 Å². The first-order chi connectivity index (χ1) is 15.4. The lowest BCUT2D eigenvalue weighted by atomic mass is 9.74. The number of benzene rings is 1. The number of anilines is 1. The van der Waals surface area contributed by atoms with Crippen LogP contribution in [0.5, 0.6) is 0 Å². The quantitative estimate of drug-likeness (QED) is 0.553. The first-order valence-corrected chi connectivity index (χ1v) is 12.1. The summed E-state index contributed by atoms with van der Waals surface area (Å²) in [5, 5.41) is 4.58. The zero-order chi connectivity index (χ0) is 22.7. The van der Waals surface area contributed by atoms with Gasteiger partial charge in [-0.3, -0.25) is 4.79 Å². The summed E-state index contributed by atoms with van der Waals surface area (Å²) in [5.41, 5.74) is 2.28. The van der Waals surface area contributed by atoms with Gasteiger partial charge in [-0.05, 0) is 36.8 Å². The van der Waals surface area contributed by atoms with Crippen LogP contribution in [0.4, 0.5) is 5.82 Å². The van der Waals surface area contributed by atoms with Crippen LogP contribution in [0.1, 0.15) is 47.5 Å². The summed E-state index contributed by atoms with van der Waals surface area (Å²) in [4.78, 5) is 25.5. The fourth-order valence-corrected chi connectivity index (χ4v) is 5.73. The Balaban J connectivity index is 1.63. The van der Waals surface area contributed by atoms with Crippen molar-refractivity contribution in [2.45, 2.75) is 39.0 Å². The molecule has 1 amide bonds. The maximum absolute atomic E-state index is 13.1. The molecule has 1 aromatic carbocycles.